The van der Waals surface area contributed by atoms with E-state index in [1.54, 1.807) is 0 Å². The highest BCUT2D eigenvalue weighted by Gasteiger charge is 2.14. The normalized spacial score (nSPS) is 10.8. The Labute approximate surface area is 137 Å². The predicted molar refractivity (Wildman–Crippen MR) is 95.7 cm³/mol. The molecule has 0 atom stereocenters. The van der Waals surface area contributed by atoms with Gasteiger partial charge in [-0.1, -0.05) is 74.4 Å². The summed E-state index contributed by atoms with van der Waals surface area (Å²) in [7, 11) is 0. The Morgan fingerprint density at radius 2 is 1.61 bits per heavy atom. The fourth-order valence-electron chi connectivity index (χ4n) is 2.92. The van der Waals surface area contributed by atoms with Crippen molar-refractivity contribution < 1.29 is 4.79 Å². The SMILES string of the molecule is CCCCCC(=O)c1ncc(-c2ccccc2)c2ccccc12. The first-order valence-corrected chi connectivity index (χ1v) is 8.27. The summed E-state index contributed by atoms with van der Waals surface area (Å²) in [6.07, 6.45) is 5.56. The lowest BCUT2D eigenvalue weighted by Gasteiger charge is -2.10. The highest BCUT2D eigenvalue weighted by Crippen LogP contribution is 2.29. The van der Waals surface area contributed by atoms with E-state index in [4.69, 9.17) is 0 Å². The Morgan fingerprint density at radius 3 is 2.35 bits per heavy atom. The second-order valence-electron chi connectivity index (χ2n) is 5.81. The minimum Gasteiger partial charge on any atom is -0.292 e. The summed E-state index contributed by atoms with van der Waals surface area (Å²) in [5.41, 5.74) is 2.81. The molecule has 0 amide bonds. The number of hydrogen-bond acceptors (Lipinski definition) is 2. The van der Waals surface area contributed by atoms with Crippen LogP contribution in [0.25, 0.3) is 21.9 Å². The van der Waals surface area contributed by atoms with E-state index in [9.17, 15) is 4.79 Å². The quantitative estimate of drug-likeness (QED) is 0.434. The van der Waals surface area contributed by atoms with Crippen LogP contribution in [0.1, 0.15) is 43.1 Å². The minimum atomic E-state index is 0.147. The van der Waals surface area contributed by atoms with E-state index in [0.29, 0.717) is 12.1 Å². The van der Waals surface area contributed by atoms with Gasteiger partial charge in [-0.15, -0.1) is 0 Å². The van der Waals surface area contributed by atoms with Crippen molar-refractivity contribution in [2.24, 2.45) is 0 Å². The molecule has 0 unspecified atom stereocenters. The molecule has 0 N–H and O–H groups in total. The van der Waals surface area contributed by atoms with Crippen LogP contribution in [0.3, 0.4) is 0 Å². The zero-order valence-corrected chi connectivity index (χ0v) is 13.5. The fraction of sp³-hybridized carbons (Fsp3) is 0.238. The fourth-order valence-corrected chi connectivity index (χ4v) is 2.92. The van der Waals surface area contributed by atoms with Gasteiger partial charge in [0.1, 0.15) is 5.69 Å². The van der Waals surface area contributed by atoms with E-state index < -0.39 is 0 Å². The zero-order chi connectivity index (χ0) is 16.1. The molecule has 1 aromatic heterocycles. The second-order valence-corrected chi connectivity index (χ2v) is 5.81. The van der Waals surface area contributed by atoms with Crippen LogP contribution in [0, 0.1) is 0 Å². The van der Waals surface area contributed by atoms with Crippen molar-refractivity contribution >= 4 is 16.6 Å². The molecular formula is C21H21NO. The lowest BCUT2D eigenvalue weighted by molar-refractivity contribution is 0.0976. The maximum atomic E-state index is 12.5. The third-order valence-electron chi connectivity index (χ3n) is 4.15. The van der Waals surface area contributed by atoms with E-state index in [0.717, 1.165) is 41.2 Å². The highest BCUT2D eigenvalue weighted by atomic mass is 16.1. The monoisotopic (exact) mass is 303 g/mol. The van der Waals surface area contributed by atoms with Crippen molar-refractivity contribution in [1.82, 2.24) is 4.98 Å². The van der Waals surface area contributed by atoms with E-state index in [2.05, 4.69) is 30.1 Å². The lowest BCUT2D eigenvalue weighted by Crippen LogP contribution is -2.04. The summed E-state index contributed by atoms with van der Waals surface area (Å²) in [6.45, 7) is 2.15. The molecule has 1 heterocycles. The molecule has 0 aliphatic rings. The molecule has 3 aromatic rings. The van der Waals surface area contributed by atoms with E-state index in [1.165, 1.54) is 0 Å². The van der Waals surface area contributed by atoms with E-state index in [1.807, 2.05) is 42.6 Å². The summed E-state index contributed by atoms with van der Waals surface area (Å²) >= 11 is 0. The van der Waals surface area contributed by atoms with E-state index in [-0.39, 0.29) is 5.78 Å². The number of unbranched alkanes of at least 4 members (excludes halogenated alkanes) is 2. The summed E-state index contributed by atoms with van der Waals surface area (Å²) in [5.74, 6) is 0.147. The number of Topliss-reactive ketones (excluding diaryl/α,β-unsaturated/α-hetero) is 1. The number of benzene rings is 2. The van der Waals surface area contributed by atoms with Gasteiger partial charge in [-0.3, -0.25) is 9.78 Å². The first-order chi connectivity index (χ1) is 11.3. The molecule has 0 bridgehead atoms. The third kappa shape index (κ3) is 3.31. The first kappa shape index (κ1) is 15.4. The van der Waals surface area contributed by atoms with Crippen molar-refractivity contribution in [2.75, 3.05) is 0 Å². The van der Waals surface area contributed by atoms with Gasteiger partial charge < -0.3 is 0 Å². The summed E-state index contributed by atoms with van der Waals surface area (Å²) < 4.78 is 0. The Hall–Kier alpha value is -2.48. The average Bonchev–Trinajstić information content (AvgIpc) is 2.61. The molecule has 2 aromatic carbocycles. The molecule has 0 radical (unpaired) electrons. The van der Waals surface area contributed by atoms with Gasteiger partial charge in [-0.25, -0.2) is 0 Å². The lowest BCUT2D eigenvalue weighted by atomic mass is 9.97. The molecule has 3 rings (SSSR count). The molecular weight excluding hydrogens is 282 g/mol. The van der Waals surface area contributed by atoms with Gasteiger partial charge in [0.05, 0.1) is 0 Å². The molecule has 0 fully saturated rings. The van der Waals surface area contributed by atoms with Gasteiger partial charge in [-0.2, -0.15) is 0 Å². The molecule has 0 spiro atoms. The molecule has 2 nitrogen and oxygen atoms in total. The maximum Gasteiger partial charge on any atom is 0.181 e. The molecule has 0 aliphatic heterocycles. The number of pyridine rings is 1. The maximum absolute atomic E-state index is 12.5. The van der Waals surface area contributed by atoms with Crippen molar-refractivity contribution in [2.45, 2.75) is 32.6 Å². The number of carbonyl (C=O) groups excluding carboxylic acids is 1. The number of hydrogen-bond donors (Lipinski definition) is 0. The molecule has 0 saturated heterocycles. The summed E-state index contributed by atoms with van der Waals surface area (Å²) in [5, 5.41) is 2.04. The number of aromatic nitrogens is 1. The van der Waals surface area contributed by atoms with E-state index >= 15 is 0 Å². The number of fused-ring (bicyclic) bond motifs is 1. The van der Waals surface area contributed by atoms with Crippen LogP contribution in [-0.4, -0.2) is 10.8 Å². The summed E-state index contributed by atoms with van der Waals surface area (Å²) in [6, 6.07) is 18.3. The van der Waals surface area contributed by atoms with Gasteiger partial charge in [-0.05, 0) is 17.4 Å². The first-order valence-electron chi connectivity index (χ1n) is 8.27. The number of ketones is 1. The van der Waals surface area contributed by atoms with Crippen molar-refractivity contribution in [1.29, 1.82) is 0 Å². The van der Waals surface area contributed by atoms with Crippen LogP contribution < -0.4 is 0 Å². The Bertz CT molecular complexity index is 808. The number of nitrogens with zero attached hydrogens (tertiary/aromatic N) is 1. The largest absolute Gasteiger partial charge is 0.292 e. The number of carbonyl (C=O) groups is 1. The number of rotatable bonds is 6. The topological polar surface area (TPSA) is 30.0 Å². The smallest absolute Gasteiger partial charge is 0.181 e. The molecule has 0 aliphatic carbocycles. The Balaban J connectivity index is 2.04. The zero-order valence-electron chi connectivity index (χ0n) is 13.5. The Kier molecular flexibility index (Phi) is 4.82. The van der Waals surface area contributed by atoms with Crippen molar-refractivity contribution in [3.05, 3.63) is 66.5 Å². The van der Waals surface area contributed by atoms with Crippen LogP contribution in [-0.2, 0) is 0 Å². The van der Waals surface area contributed by atoms with Crippen molar-refractivity contribution in [3.63, 3.8) is 0 Å². The standard InChI is InChI=1S/C21H21NO/c1-2-3-5-14-20(23)21-18-13-9-8-12-17(18)19(15-22-21)16-10-6-4-7-11-16/h4,6-13,15H,2-3,5,14H2,1H3. The summed E-state index contributed by atoms with van der Waals surface area (Å²) in [4.78, 5) is 17.0. The molecule has 116 valence electrons. The minimum absolute atomic E-state index is 0.147. The van der Waals surface area contributed by atoms with Gasteiger partial charge in [0.2, 0.25) is 0 Å². The second kappa shape index (κ2) is 7.19. The van der Waals surface area contributed by atoms with Crippen LogP contribution in [0.4, 0.5) is 0 Å². The van der Waals surface area contributed by atoms with Crippen molar-refractivity contribution in [3.8, 4) is 11.1 Å². The van der Waals surface area contributed by atoms with Gasteiger partial charge in [0.25, 0.3) is 0 Å². The third-order valence-corrected chi connectivity index (χ3v) is 4.15. The molecule has 23 heavy (non-hydrogen) atoms. The van der Waals surface area contributed by atoms with Crippen LogP contribution in [0.2, 0.25) is 0 Å². The van der Waals surface area contributed by atoms with Gasteiger partial charge in [0.15, 0.2) is 5.78 Å². The van der Waals surface area contributed by atoms with Crippen LogP contribution in [0.15, 0.2) is 60.8 Å². The highest BCUT2D eigenvalue weighted by molar-refractivity contribution is 6.09. The Morgan fingerprint density at radius 1 is 0.913 bits per heavy atom. The van der Waals surface area contributed by atoms with Gasteiger partial charge in [0, 0.05) is 23.6 Å². The molecule has 0 saturated carbocycles. The molecule has 2 heteroatoms. The average molecular weight is 303 g/mol. The van der Waals surface area contributed by atoms with Crippen LogP contribution >= 0.6 is 0 Å². The van der Waals surface area contributed by atoms with Gasteiger partial charge >= 0.3 is 0 Å². The van der Waals surface area contributed by atoms with Crippen LogP contribution in [0.5, 0.6) is 0 Å². The predicted octanol–water partition coefficient (Wildman–Crippen LogP) is 5.66.